The van der Waals surface area contributed by atoms with E-state index in [0.29, 0.717) is 28.5 Å². The minimum atomic E-state index is -0.535. The molecule has 31 heavy (non-hydrogen) atoms. The van der Waals surface area contributed by atoms with Crippen molar-refractivity contribution >= 4 is 28.5 Å². The fraction of sp³-hybridized carbons (Fsp3) is 0.304. The van der Waals surface area contributed by atoms with E-state index in [-0.39, 0.29) is 5.91 Å². The summed E-state index contributed by atoms with van der Waals surface area (Å²) in [5.41, 5.74) is 2.76. The first-order valence-electron chi connectivity index (χ1n) is 9.87. The van der Waals surface area contributed by atoms with E-state index < -0.39 is 6.04 Å². The number of nitrogens with zero attached hydrogens (tertiary/aromatic N) is 1. The van der Waals surface area contributed by atoms with Gasteiger partial charge in [-0.25, -0.2) is 4.99 Å². The quantitative estimate of drug-likeness (QED) is 0.664. The van der Waals surface area contributed by atoms with Gasteiger partial charge in [-0.2, -0.15) is 0 Å². The molecule has 8 heteroatoms. The molecule has 7 nitrogen and oxygen atoms in total. The van der Waals surface area contributed by atoms with E-state index in [2.05, 4.69) is 17.6 Å². The molecule has 1 atom stereocenters. The lowest BCUT2D eigenvalue weighted by molar-refractivity contribution is -0.113. The van der Waals surface area contributed by atoms with E-state index in [9.17, 15) is 4.79 Å². The Kier molecular flexibility index (Phi) is 7.46. The maximum absolute atomic E-state index is 13.3. The zero-order chi connectivity index (χ0) is 22.4. The van der Waals surface area contributed by atoms with Gasteiger partial charge in [0.15, 0.2) is 16.7 Å². The largest absolute Gasteiger partial charge is 0.493 e. The average Bonchev–Trinajstić information content (AvgIpc) is 2.78. The summed E-state index contributed by atoms with van der Waals surface area (Å²) in [6.07, 6.45) is 0. The van der Waals surface area contributed by atoms with Crippen LogP contribution >= 0.6 is 11.8 Å². The van der Waals surface area contributed by atoms with Gasteiger partial charge in [-0.3, -0.25) is 4.79 Å². The number of nitrogens with one attached hydrogen (secondary N) is 2. The number of para-hydroxylation sites is 1. The number of rotatable bonds is 7. The van der Waals surface area contributed by atoms with E-state index in [1.54, 1.807) is 33.1 Å². The third-order valence-electron chi connectivity index (χ3n) is 4.78. The normalized spacial score (nSPS) is 15.6. The fourth-order valence-electron chi connectivity index (χ4n) is 3.37. The predicted octanol–water partition coefficient (Wildman–Crippen LogP) is 4.38. The first-order chi connectivity index (χ1) is 15.0. The molecule has 0 fully saturated rings. The van der Waals surface area contributed by atoms with Crippen molar-refractivity contribution in [3.63, 3.8) is 0 Å². The molecule has 0 bridgehead atoms. The number of methoxy groups -OCH3 is 3. The number of hydrogen-bond acceptors (Lipinski definition) is 7. The predicted molar refractivity (Wildman–Crippen MR) is 125 cm³/mol. The van der Waals surface area contributed by atoms with Crippen molar-refractivity contribution in [2.75, 3.05) is 32.4 Å². The molecule has 1 heterocycles. The van der Waals surface area contributed by atoms with Crippen molar-refractivity contribution in [3.8, 4) is 17.2 Å². The second-order valence-electron chi connectivity index (χ2n) is 6.71. The van der Waals surface area contributed by atoms with Crippen LogP contribution in [0.5, 0.6) is 17.2 Å². The Labute approximate surface area is 186 Å². The number of anilines is 1. The van der Waals surface area contributed by atoms with Crippen LogP contribution in [0.1, 0.15) is 25.5 Å². The third kappa shape index (κ3) is 4.96. The topological polar surface area (TPSA) is 81.2 Å². The number of benzene rings is 2. The number of amidine groups is 1. The molecule has 0 spiro atoms. The van der Waals surface area contributed by atoms with Gasteiger partial charge in [0, 0.05) is 11.4 Å². The monoisotopic (exact) mass is 441 g/mol. The Bertz CT molecular complexity index is 980. The van der Waals surface area contributed by atoms with E-state index in [0.717, 1.165) is 22.2 Å². The van der Waals surface area contributed by atoms with E-state index >= 15 is 0 Å². The van der Waals surface area contributed by atoms with Crippen LogP contribution in [0.15, 0.2) is 58.7 Å². The highest BCUT2D eigenvalue weighted by molar-refractivity contribution is 8.13. The first-order valence-corrected chi connectivity index (χ1v) is 10.9. The summed E-state index contributed by atoms with van der Waals surface area (Å²) in [5, 5.41) is 6.99. The van der Waals surface area contributed by atoms with Gasteiger partial charge in [0.05, 0.1) is 26.9 Å². The molecule has 164 valence electrons. The summed E-state index contributed by atoms with van der Waals surface area (Å²) in [4.78, 5) is 18.1. The second-order valence-corrected chi connectivity index (χ2v) is 7.97. The highest BCUT2D eigenvalue weighted by atomic mass is 32.2. The zero-order valence-corrected chi connectivity index (χ0v) is 19.1. The lowest BCUT2D eigenvalue weighted by atomic mass is 9.95. The molecule has 0 saturated heterocycles. The number of thioether (sulfide) groups is 1. The van der Waals surface area contributed by atoms with E-state index in [4.69, 9.17) is 19.2 Å². The molecule has 2 aromatic rings. The van der Waals surface area contributed by atoms with Gasteiger partial charge in [-0.1, -0.05) is 36.9 Å². The summed E-state index contributed by atoms with van der Waals surface area (Å²) in [7, 11) is 4.69. The van der Waals surface area contributed by atoms with Gasteiger partial charge in [-0.15, -0.1) is 0 Å². The third-order valence-corrected chi connectivity index (χ3v) is 5.55. The number of allylic oxidation sites excluding steroid dienone is 1. The van der Waals surface area contributed by atoms with Crippen molar-refractivity contribution in [2.45, 2.75) is 19.9 Å². The molecule has 1 amide bonds. The fourth-order valence-corrected chi connectivity index (χ4v) is 4.05. The van der Waals surface area contributed by atoms with Gasteiger partial charge in [-0.05, 0) is 42.5 Å². The summed E-state index contributed by atoms with van der Waals surface area (Å²) in [6.45, 7) is 3.94. The molecule has 2 N–H and O–H groups in total. The zero-order valence-electron chi connectivity index (χ0n) is 18.3. The molecular weight excluding hydrogens is 414 g/mol. The number of carbonyl (C=O) groups is 1. The molecule has 0 unspecified atom stereocenters. The second kappa shape index (κ2) is 10.3. The Morgan fingerprint density at radius 3 is 2.29 bits per heavy atom. The lowest BCUT2D eigenvalue weighted by Gasteiger charge is -2.27. The SMILES string of the molecule is CCSC1=N[C@H](c2cc(OC)c(OC)c(OC)c2)C(C(=O)Nc2ccccc2)=C(C)N1. The van der Waals surface area contributed by atoms with Crippen LogP contribution in [-0.2, 0) is 4.79 Å². The molecule has 0 saturated carbocycles. The number of amides is 1. The molecule has 2 aromatic carbocycles. The van der Waals surface area contributed by atoms with Gasteiger partial charge in [0.2, 0.25) is 5.75 Å². The van der Waals surface area contributed by atoms with Gasteiger partial charge in [0.25, 0.3) is 5.91 Å². The highest BCUT2D eigenvalue weighted by Crippen LogP contribution is 2.43. The van der Waals surface area contributed by atoms with Crippen LogP contribution in [0.4, 0.5) is 5.69 Å². The number of hydrogen-bond donors (Lipinski definition) is 2. The van der Waals surface area contributed by atoms with Gasteiger partial charge >= 0.3 is 0 Å². The van der Waals surface area contributed by atoms with Gasteiger partial charge in [0.1, 0.15) is 6.04 Å². The summed E-state index contributed by atoms with van der Waals surface area (Å²) >= 11 is 1.59. The summed E-state index contributed by atoms with van der Waals surface area (Å²) < 4.78 is 16.5. The number of aliphatic imine (C=N–C) groups is 1. The maximum atomic E-state index is 13.3. The molecule has 1 aliphatic heterocycles. The molecule has 0 aromatic heterocycles. The maximum Gasteiger partial charge on any atom is 0.255 e. The Balaban J connectivity index is 2.08. The van der Waals surface area contributed by atoms with Crippen molar-refractivity contribution in [1.29, 1.82) is 0 Å². The molecule has 3 rings (SSSR count). The van der Waals surface area contributed by atoms with Crippen LogP contribution in [0.3, 0.4) is 0 Å². The van der Waals surface area contributed by atoms with Crippen molar-refractivity contribution in [3.05, 3.63) is 59.3 Å². The Morgan fingerprint density at radius 1 is 1.10 bits per heavy atom. The molecule has 1 aliphatic rings. The molecule has 0 radical (unpaired) electrons. The summed E-state index contributed by atoms with van der Waals surface area (Å²) in [6, 6.07) is 12.5. The highest BCUT2D eigenvalue weighted by Gasteiger charge is 2.31. The molecular formula is C23H27N3O4S. The van der Waals surface area contributed by atoms with Crippen molar-refractivity contribution in [1.82, 2.24) is 5.32 Å². The Morgan fingerprint density at radius 2 is 1.74 bits per heavy atom. The minimum Gasteiger partial charge on any atom is -0.493 e. The van der Waals surface area contributed by atoms with Crippen molar-refractivity contribution in [2.24, 2.45) is 4.99 Å². The molecule has 0 aliphatic carbocycles. The Hall–Kier alpha value is -3.13. The van der Waals surface area contributed by atoms with Crippen LogP contribution < -0.4 is 24.8 Å². The average molecular weight is 442 g/mol. The van der Waals surface area contributed by atoms with Crippen LogP contribution in [0, 0.1) is 0 Å². The van der Waals surface area contributed by atoms with Crippen LogP contribution in [0.2, 0.25) is 0 Å². The van der Waals surface area contributed by atoms with Crippen LogP contribution in [0.25, 0.3) is 0 Å². The number of ether oxygens (including phenoxy) is 3. The van der Waals surface area contributed by atoms with Gasteiger partial charge < -0.3 is 24.8 Å². The van der Waals surface area contributed by atoms with Crippen molar-refractivity contribution < 1.29 is 19.0 Å². The summed E-state index contributed by atoms with van der Waals surface area (Å²) in [5.74, 6) is 2.14. The first kappa shape index (κ1) is 22.6. The van der Waals surface area contributed by atoms with E-state index in [1.807, 2.05) is 49.4 Å². The standard InChI is InChI=1S/C23H27N3O4S/c1-6-31-23-24-14(2)19(22(27)25-16-10-8-7-9-11-16)20(26-23)15-12-17(28-3)21(30-5)18(13-15)29-4/h7-13,20H,6H2,1-5H3,(H,24,26)(H,25,27)/t20-/m1/s1. The smallest absolute Gasteiger partial charge is 0.255 e. The minimum absolute atomic E-state index is 0.223. The number of carbonyl (C=O) groups excluding carboxylic acids is 1. The van der Waals surface area contributed by atoms with E-state index in [1.165, 1.54) is 0 Å². The lowest BCUT2D eigenvalue weighted by Crippen LogP contribution is -2.32. The van der Waals surface area contributed by atoms with Crippen LogP contribution in [-0.4, -0.2) is 38.2 Å².